The third-order valence-electron chi connectivity index (χ3n) is 6.51. The van der Waals surface area contributed by atoms with Crippen LogP contribution >= 0.6 is 0 Å². The number of nitrogens with one attached hydrogen (secondary N) is 1. The van der Waals surface area contributed by atoms with E-state index in [0.29, 0.717) is 37.4 Å². The molecule has 2 aromatic rings. The number of nitro benzene ring substituents is 1. The first-order chi connectivity index (χ1) is 15.4. The molecular weight excluding hydrogens is 410 g/mol. The second-order valence-corrected chi connectivity index (χ2v) is 8.63. The Kier molecular flexibility index (Phi) is 6.12. The van der Waals surface area contributed by atoms with E-state index in [4.69, 9.17) is 4.74 Å². The number of amides is 2. The van der Waals surface area contributed by atoms with Crippen molar-refractivity contribution in [2.75, 3.05) is 23.9 Å². The van der Waals surface area contributed by atoms with Crippen LogP contribution in [-0.4, -0.2) is 30.4 Å². The number of ether oxygens (including phenoxy) is 1. The van der Waals surface area contributed by atoms with Gasteiger partial charge in [0.1, 0.15) is 11.4 Å². The maximum atomic E-state index is 12.9. The lowest BCUT2D eigenvalue weighted by Gasteiger charge is -2.25. The molecule has 0 unspecified atom stereocenters. The van der Waals surface area contributed by atoms with Crippen LogP contribution in [0.2, 0.25) is 0 Å². The van der Waals surface area contributed by atoms with Crippen molar-refractivity contribution >= 4 is 28.9 Å². The Labute approximate surface area is 186 Å². The van der Waals surface area contributed by atoms with Crippen LogP contribution < -0.4 is 15.0 Å². The highest BCUT2D eigenvalue weighted by Crippen LogP contribution is 2.43. The molecule has 168 valence electrons. The number of anilines is 2. The van der Waals surface area contributed by atoms with Crippen molar-refractivity contribution in [1.82, 2.24) is 0 Å². The van der Waals surface area contributed by atoms with Gasteiger partial charge in [0.15, 0.2) is 0 Å². The molecule has 2 aromatic carbocycles. The molecule has 1 N–H and O–H groups in total. The van der Waals surface area contributed by atoms with Crippen LogP contribution in [-0.2, 0) is 16.0 Å². The molecule has 0 bridgehead atoms. The van der Waals surface area contributed by atoms with E-state index < -0.39 is 4.92 Å². The van der Waals surface area contributed by atoms with Crippen molar-refractivity contribution in [3.8, 4) is 5.75 Å². The number of methoxy groups -OCH3 is 1. The summed E-state index contributed by atoms with van der Waals surface area (Å²) in [6.07, 6.45) is 2.98. The number of benzene rings is 2. The van der Waals surface area contributed by atoms with Gasteiger partial charge >= 0.3 is 0 Å². The molecule has 1 heterocycles. The van der Waals surface area contributed by atoms with Crippen LogP contribution in [0.5, 0.6) is 5.75 Å². The van der Waals surface area contributed by atoms with Gasteiger partial charge in [-0.1, -0.05) is 19.1 Å². The molecule has 2 amide bonds. The zero-order chi connectivity index (χ0) is 22.8. The summed E-state index contributed by atoms with van der Waals surface area (Å²) in [5.74, 6) is 0.0861. The number of hydrogen-bond acceptors (Lipinski definition) is 6. The van der Waals surface area contributed by atoms with Crippen LogP contribution in [0, 0.1) is 27.9 Å². The molecule has 2 fully saturated rings. The minimum atomic E-state index is -0.487. The number of hydrogen-bond donors (Lipinski definition) is 1. The first-order valence-corrected chi connectivity index (χ1v) is 10.9. The van der Waals surface area contributed by atoms with E-state index in [0.717, 1.165) is 22.6 Å². The summed E-state index contributed by atoms with van der Waals surface area (Å²) < 4.78 is 5.15. The smallest absolute Gasteiger partial charge is 0.294 e. The fraction of sp³-hybridized carbons (Fsp3) is 0.417. The second kappa shape index (κ2) is 8.98. The highest BCUT2D eigenvalue weighted by molar-refractivity contribution is 6.22. The molecule has 8 heteroatoms. The topological polar surface area (TPSA) is 102 Å². The SMILES string of the molecule is COc1ccc(CCNc2ccc(N3C(=O)[C@H]4C[C@H](C)CC[C@H]4C3=O)cc2[N+](=O)[O-])cc1. The highest BCUT2D eigenvalue weighted by atomic mass is 16.6. The van der Waals surface area contributed by atoms with Crippen molar-refractivity contribution in [1.29, 1.82) is 0 Å². The van der Waals surface area contributed by atoms with E-state index in [1.807, 2.05) is 24.3 Å². The van der Waals surface area contributed by atoms with E-state index in [-0.39, 0.29) is 35.0 Å². The Balaban J connectivity index is 1.49. The van der Waals surface area contributed by atoms with Crippen LogP contribution in [0.15, 0.2) is 42.5 Å². The number of imide groups is 1. The molecule has 1 saturated heterocycles. The molecule has 1 aliphatic carbocycles. The monoisotopic (exact) mass is 437 g/mol. The Morgan fingerprint density at radius 1 is 1.09 bits per heavy atom. The van der Waals surface area contributed by atoms with E-state index in [1.165, 1.54) is 6.07 Å². The Bertz CT molecular complexity index is 1040. The van der Waals surface area contributed by atoms with E-state index in [1.54, 1.807) is 19.2 Å². The molecule has 4 rings (SSSR count). The molecule has 3 atom stereocenters. The molecular formula is C24H27N3O5. The normalized spacial score (nSPS) is 22.6. The molecule has 32 heavy (non-hydrogen) atoms. The first-order valence-electron chi connectivity index (χ1n) is 10.9. The molecule has 2 aliphatic rings. The van der Waals surface area contributed by atoms with Crippen molar-refractivity contribution in [2.24, 2.45) is 17.8 Å². The summed E-state index contributed by atoms with van der Waals surface area (Å²) in [7, 11) is 1.61. The van der Waals surface area contributed by atoms with Gasteiger partial charge in [-0.05, 0) is 61.4 Å². The predicted molar refractivity (Wildman–Crippen MR) is 121 cm³/mol. The van der Waals surface area contributed by atoms with Crippen LogP contribution in [0.25, 0.3) is 0 Å². The summed E-state index contributed by atoms with van der Waals surface area (Å²) in [4.78, 5) is 38.2. The van der Waals surface area contributed by atoms with Crippen molar-refractivity contribution in [2.45, 2.75) is 32.6 Å². The maximum Gasteiger partial charge on any atom is 0.294 e. The van der Waals surface area contributed by atoms with Crippen molar-refractivity contribution in [3.05, 3.63) is 58.1 Å². The Hall–Kier alpha value is -3.42. The Morgan fingerprint density at radius 3 is 2.50 bits per heavy atom. The minimum Gasteiger partial charge on any atom is -0.497 e. The highest BCUT2D eigenvalue weighted by Gasteiger charge is 2.50. The molecule has 0 radical (unpaired) electrons. The summed E-state index contributed by atoms with van der Waals surface area (Å²) in [5, 5.41) is 14.8. The van der Waals surface area contributed by atoms with Crippen LogP contribution in [0.4, 0.5) is 17.1 Å². The average Bonchev–Trinajstić information content (AvgIpc) is 3.03. The van der Waals surface area contributed by atoms with Crippen molar-refractivity contribution < 1.29 is 19.2 Å². The lowest BCUT2D eigenvalue weighted by Crippen LogP contribution is -2.31. The minimum absolute atomic E-state index is 0.152. The lowest BCUT2D eigenvalue weighted by atomic mass is 9.76. The fourth-order valence-corrected chi connectivity index (χ4v) is 4.74. The molecule has 1 aliphatic heterocycles. The van der Waals surface area contributed by atoms with Gasteiger partial charge in [0, 0.05) is 12.6 Å². The first kappa shape index (κ1) is 21.8. The van der Waals surface area contributed by atoms with Gasteiger partial charge < -0.3 is 10.1 Å². The van der Waals surface area contributed by atoms with E-state index >= 15 is 0 Å². The average molecular weight is 437 g/mol. The van der Waals surface area contributed by atoms with Gasteiger partial charge in [0.25, 0.3) is 5.69 Å². The van der Waals surface area contributed by atoms with Gasteiger partial charge in [-0.25, -0.2) is 4.90 Å². The fourth-order valence-electron chi connectivity index (χ4n) is 4.74. The number of carbonyl (C=O) groups is 2. The lowest BCUT2D eigenvalue weighted by molar-refractivity contribution is -0.383. The molecule has 0 aromatic heterocycles. The van der Waals surface area contributed by atoms with Crippen LogP contribution in [0.3, 0.4) is 0 Å². The number of nitrogens with zero attached hydrogens (tertiary/aromatic N) is 2. The van der Waals surface area contributed by atoms with Gasteiger partial charge in [-0.2, -0.15) is 0 Å². The number of rotatable bonds is 7. The molecule has 0 spiro atoms. The van der Waals surface area contributed by atoms with Gasteiger partial charge in [-0.3, -0.25) is 19.7 Å². The summed E-state index contributed by atoms with van der Waals surface area (Å²) in [5.41, 5.74) is 1.55. The number of fused-ring (bicyclic) bond motifs is 1. The molecule has 1 saturated carbocycles. The summed E-state index contributed by atoms with van der Waals surface area (Å²) in [6.45, 7) is 2.59. The third kappa shape index (κ3) is 4.17. The van der Waals surface area contributed by atoms with Gasteiger partial charge in [0.2, 0.25) is 11.8 Å². The van der Waals surface area contributed by atoms with Gasteiger partial charge in [0.05, 0.1) is 29.6 Å². The molecule has 8 nitrogen and oxygen atoms in total. The zero-order valence-electron chi connectivity index (χ0n) is 18.2. The number of carbonyl (C=O) groups excluding carboxylic acids is 2. The van der Waals surface area contributed by atoms with Gasteiger partial charge in [-0.15, -0.1) is 0 Å². The second-order valence-electron chi connectivity index (χ2n) is 8.63. The Morgan fingerprint density at radius 2 is 1.81 bits per heavy atom. The summed E-state index contributed by atoms with van der Waals surface area (Å²) >= 11 is 0. The van der Waals surface area contributed by atoms with E-state index in [2.05, 4.69) is 12.2 Å². The number of nitro groups is 1. The summed E-state index contributed by atoms with van der Waals surface area (Å²) in [6, 6.07) is 12.1. The third-order valence-corrected chi connectivity index (χ3v) is 6.51. The quantitative estimate of drug-likeness (QED) is 0.396. The van der Waals surface area contributed by atoms with Crippen molar-refractivity contribution in [3.63, 3.8) is 0 Å². The predicted octanol–water partition coefficient (Wildman–Crippen LogP) is 4.18. The standard InChI is InChI=1S/C24H27N3O5/c1-15-3-9-19-20(13-15)24(29)26(23(19)28)17-6-10-21(22(14-17)27(30)31)25-12-11-16-4-7-18(32-2)8-5-16/h4-8,10,14-15,19-20,25H,3,9,11-13H2,1-2H3/t15-,19-,20+/m1/s1. The maximum absolute atomic E-state index is 12.9. The van der Waals surface area contributed by atoms with Crippen LogP contribution in [0.1, 0.15) is 31.7 Å². The largest absolute Gasteiger partial charge is 0.497 e. The van der Waals surface area contributed by atoms with E-state index in [9.17, 15) is 19.7 Å². The zero-order valence-corrected chi connectivity index (χ0v) is 18.2.